The van der Waals surface area contributed by atoms with Gasteiger partial charge in [0.1, 0.15) is 11.6 Å². The highest BCUT2D eigenvalue weighted by molar-refractivity contribution is 9.10. The third-order valence-corrected chi connectivity index (χ3v) is 4.23. The van der Waals surface area contributed by atoms with Gasteiger partial charge in [0.25, 0.3) is 0 Å². The molecule has 1 atom stereocenters. The van der Waals surface area contributed by atoms with E-state index in [1.165, 1.54) is 12.1 Å². The average Bonchev–Trinajstić information content (AvgIpc) is 2.40. The maximum atomic E-state index is 14.1. The lowest BCUT2D eigenvalue weighted by Gasteiger charge is -2.19. The van der Waals surface area contributed by atoms with Crippen LogP contribution in [-0.2, 0) is 6.42 Å². The second-order valence-electron chi connectivity index (χ2n) is 4.56. The normalized spacial score (nSPS) is 12.5. The van der Waals surface area contributed by atoms with Gasteiger partial charge in [0.15, 0.2) is 0 Å². The number of halogens is 5. The van der Waals surface area contributed by atoms with Gasteiger partial charge in [0.2, 0.25) is 0 Å². The van der Waals surface area contributed by atoms with Crippen LogP contribution in [0.4, 0.5) is 8.78 Å². The van der Waals surface area contributed by atoms with E-state index >= 15 is 0 Å². The zero-order valence-electron chi connectivity index (χ0n) is 11.1. The molecule has 112 valence electrons. The Bertz CT molecular complexity index is 641. The van der Waals surface area contributed by atoms with Crippen LogP contribution >= 0.6 is 39.1 Å². The summed E-state index contributed by atoms with van der Waals surface area (Å²) in [5.74, 6) is -1.22. The highest BCUT2D eigenvalue weighted by Crippen LogP contribution is 2.30. The molecule has 0 aromatic heterocycles. The van der Waals surface area contributed by atoms with Crippen LogP contribution < -0.4 is 5.32 Å². The molecule has 0 aliphatic heterocycles. The third kappa shape index (κ3) is 3.95. The molecule has 0 heterocycles. The van der Waals surface area contributed by atoms with Gasteiger partial charge in [-0.15, -0.1) is 0 Å². The first-order valence-electron chi connectivity index (χ1n) is 6.18. The molecule has 2 rings (SSSR count). The van der Waals surface area contributed by atoms with Crippen LogP contribution in [0.3, 0.4) is 0 Å². The second-order valence-corrected chi connectivity index (χ2v) is 6.32. The zero-order valence-corrected chi connectivity index (χ0v) is 14.2. The highest BCUT2D eigenvalue weighted by Gasteiger charge is 2.21. The average molecular weight is 395 g/mol. The van der Waals surface area contributed by atoms with Crippen LogP contribution in [0.15, 0.2) is 34.8 Å². The largest absolute Gasteiger partial charge is 0.313 e. The van der Waals surface area contributed by atoms with Gasteiger partial charge < -0.3 is 5.32 Å². The minimum atomic E-state index is -0.612. The van der Waals surface area contributed by atoms with E-state index < -0.39 is 17.7 Å². The molecule has 0 spiro atoms. The molecule has 6 heteroatoms. The summed E-state index contributed by atoms with van der Waals surface area (Å²) in [6.45, 7) is 0. The minimum Gasteiger partial charge on any atom is -0.313 e. The Kier molecular flexibility index (Phi) is 5.60. The van der Waals surface area contributed by atoms with Crippen molar-refractivity contribution < 1.29 is 8.78 Å². The van der Waals surface area contributed by atoms with E-state index in [0.717, 1.165) is 5.56 Å². The molecule has 0 saturated heterocycles. The molecule has 0 fully saturated rings. The molecule has 1 nitrogen and oxygen atoms in total. The SMILES string of the molecule is CNC(Cc1cc(Cl)ccc1Cl)c1c(F)cc(Br)cc1F. The molecule has 0 radical (unpaired) electrons. The van der Waals surface area contributed by atoms with Crippen LogP contribution in [-0.4, -0.2) is 7.05 Å². The van der Waals surface area contributed by atoms with Gasteiger partial charge in [0, 0.05) is 26.1 Å². The lowest BCUT2D eigenvalue weighted by Crippen LogP contribution is -2.21. The molecular weight excluding hydrogens is 383 g/mol. The van der Waals surface area contributed by atoms with Crippen molar-refractivity contribution >= 4 is 39.1 Å². The summed E-state index contributed by atoms with van der Waals surface area (Å²) in [4.78, 5) is 0. The fraction of sp³-hybridized carbons (Fsp3) is 0.200. The maximum Gasteiger partial charge on any atom is 0.132 e. The van der Waals surface area contributed by atoms with Crippen molar-refractivity contribution in [2.24, 2.45) is 0 Å². The molecule has 0 bridgehead atoms. The number of hydrogen-bond donors (Lipinski definition) is 1. The number of benzene rings is 2. The molecule has 2 aromatic carbocycles. The second kappa shape index (κ2) is 7.05. The Morgan fingerprint density at radius 3 is 2.33 bits per heavy atom. The summed E-state index contributed by atoms with van der Waals surface area (Å²) in [6, 6.07) is 6.96. The van der Waals surface area contributed by atoms with Gasteiger partial charge in [0.05, 0.1) is 0 Å². The Balaban J connectivity index is 2.39. The lowest BCUT2D eigenvalue weighted by atomic mass is 9.98. The monoisotopic (exact) mass is 393 g/mol. The molecule has 0 aliphatic rings. The molecular formula is C15H12BrCl2F2N. The van der Waals surface area contributed by atoms with E-state index in [4.69, 9.17) is 23.2 Å². The molecule has 1 N–H and O–H groups in total. The molecule has 21 heavy (non-hydrogen) atoms. The van der Waals surface area contributed by atoms with Crippen molar-refractivity contribution in [1.29, 1.82) is 0 Å². The Morgan fingerprint density at radius 2 is 1.76 bits per heavy atom. The number of likely N-dealkylation sites (N-methyl/N-ethyl adjacent to an activating group) is 1. The number of rotatable bonds is 4. The van der Waals surface area contributed by atoms with E-state index in [2.05, 4.69) is 21.2 Å². The fourth-order valence-corrected chi connectivity index (χ4v) is 2.95. The Labute approximate surface area is 140 Å². The first-order valence-corrected chi connectivity index (χ1v) is 7.73. The predicted molar refractivity (Wildman–Crippen MR) is 86.0 cm³/mol. The predicted octanol–water partition coefficient (Wildman–Crippen LogP) is 5.54. The Hall–Kier alpha value is -0.680. The van der Waals surface area contributed by atoms with Crippen LogP contribution in [0.25, 0.3) is 0 Å². The topological polar surface area (TPSA) is 12.0 Å². The van der Waals surface area contributed by atoms with E-state index in [1.807, 2.05) is 0 Å². The highest BCUT2D eigenvalue weighted by atomic mass is 79.9. The molecule has 2 aromatic rings. The van der Waals surface area contributed by atoms with Crippen LogP contribution in [0.2, 0.25) is 10.0 Å². The quantitative estimate of drug-likeness (QED) is 0.718. The molecule has 1 unspecified atom stereocenters. The number of nitrogens with one attached hydrogen (secondary N) is 1. The van der Waals surface area contributed by atoms with Crippen molar-refractivity contribution in [1.82, 2.24) is 5.32 Å². The maximum absolute atomic E-state index is 14.1. The summed E-state index contributed by atoms with van der Waals surface area (Å²) in [5, 5.41) is 3.96. The van der Waals surface area contributed by atoms with Crippen LogP contribution in [0.1, 0.15) is 17.2 Å². The number of hydrogen-bond acceptors (Lipinski definition) is 1. The van der Waals surface area contributed by atoms with Gasteiger partial charge in [-0.1, -0.05) is 39.1 Å². The summed E-state index contributed by atoms with van der Waals surface area (Å²) >= 11 is 15.1. The van der Waals surface area contributed by atoms with Crippen molar-refractivity contribution in [3.63, 3.8) is 0 Å². The molecule has 0 saturated carbocycles. The summed E-state index contributed by atoms with van der Waals surface area (Å²) in [6.07, 6.45) is 0.325. The van der Waals surface area contributed by atoms with Gasteiger partial charge in [-0.05, 0) is 49.4 Å². The summed E-state index contributed by atoms with van der Waals surface area (Å²) in [5.41, 5.74) is 0.710. The Morgan fingerprint density at radius 1 is 1.14 bits per heavy atom. The summed E-state index contributed by atoms with van der Waals surface area (Å²) in [7, 11) is 1.64. The first-order chi connectivity index (χ1) is 9.92. The molecule has 0 amide bonds. The van der Waals surface area contributed by atoms with Crippen molar-refractivity contribution in [2.75, 3.05) is 7.05 Å². The van der Waals surface area contributed by atoms with Gasteiger partial charge >= 0.3 is 0 Å². The first kappa shape index (κ1) is 16.7. The van der Waals surface area contributed by atoms with E-state index in [0.29, 0.717) is 20.9 Å². The van der Waals surface area contributed by atoms with E-state index in [9.17, 15) is 8.78 Å². The standard InChI is InChI=1S/C15H12BrCl2F2N/c1-21-14(5-8-4-10(17)2-3-11(8)18)15-12(19)6-9(16)7-13(15)20/h2-4,6-7,14,21H,5H2,1H3. The van der Waals surface area contributed by atoms with Crippen molar-refractivity contribution in [2.45, 2.75) is 12.5 Å². The van der Waals surface area contributed by atoms with Crippen LogP contribution in [0, 0.1) is 11.6 Å². The van der Waals surface area contributed by atoms with Crippen molar-refractivity contribution in [3.05, 3.63) is 67.6 Å². The molecule has 0 aliphatic carbocycles. The smallest absolute Gasteiger partial charge is 0.132 e. The summed E-state index contributed by atoms with van der Waals surface area (Å²) < 4.78 is 28.5. The van der Waals surface area contributed by atoms with Gasteiger partial charge in [-0.25, -0.2) is 8.78 Å². The lowest BCUT2D eigenvalue weighted by molar-refractivity contribution is 0.488. The van der Waals surface area contributed by atoms with Gasteiger partial charge in [-0.3, -0.25) is 0 Å². The van der Waals surface area contributed by atoms with Crippen molar-refractivity contribution in [3.8, 4) is 0 Å². The van der Waals surface area contributed by atoms with Crippen LogP contribution in [0.5, 0.6) is 0 Å². The third-order valence-electron chi connectivity index (χ3n) is 3.17. The van der Waals surface area contributed by atoms with Gasteiger partial charge in [-0.2, -0.15) is 0 Å². The van der Waals surface area contributed by atoms with E-state index in [-0.39, 0.29) is 5.56 Å². The van der Waals surface area contributed by atoms with E-state index in [1.54, 1.807) is 25.2 Å². The fourth-order valence-electron chi connectivity index (χ4n) is 2.15. The zero-order chi connectivity index (χ0) is 15.6. The minimum absolute atomic E-state index is 0.0169.